The van der Waals surface area contributed by atoms with E-state index >= 15 is 0 Å². The summed E-state index contributed by atoms with van der Waals surface area (Å²) < 4.78 is 7.00. The molecule has 2 heterocycles. The van der Waals surface area contributed by atoms with Gasteiger partial charge in [-0.25, -0.2) is 4.98 Å². The van der Waals surface area contributed by atoms with E-state index < -0.39 is 0 Å². The van der Waals surface area contributed by atoms with Crippen molar-refractivity contribution in [2.45, 2.75) is 33.7 Å². The van der Waals surface area contributed by atoms with Crippen LogP contribution in [-0.4, -0.2) is 22.1 Å². The van der Waals surface area contributed by atoms with Crippen molar-refractivity contribution in [1.82, 2.24) is 9.55 Å². The van der Waals surface area contributed by atoms with Crippen molar-refractivity contribution in [2.75, 3.05) is 11.9 Å². The number of fused-ring (bicyclic) bond motifs is 1. The second kappa shape index (κ2) is 7.70. The van der Waals surface area contributed by atoms with Crippen LogP contribution in [0.4, 0.5) is 5.69 Å². The molecule has 0 spiro atoms. The van der Waals surface area contributed by atoms with E-state index in [0.717, 1.165) is 15.3 Å². The van der Waals surface area contributed by atoms with Crippen molar-refractivity contribution in [3.05, 3.63) is 51.4 Å². The lowest BCUT2D eigenvalue weighted by molar-refractivity contribution is -0.116. The van der Waals surface area contributed by atoms with Gasteiger partial charge in [0.05, 0.1) is 24.0 Å². The van der Waals surface area contributed by atoms with E-state index in [-0.39, 0.29) is 24.4 Å². The van der Waals surface area contributed by atoms with Crippen molar-refractivity contribution >= 4 is 33.1 Å². The summed E-state index contributed by atoms with van der Waals surface area (Å²) in [4.78, 5) is 31.1. The standard InChI is InChI=1S/C19H21N3O3S/c1-4-25-15-8-6-5-7-14(15)21-16(23)9-10-22-11-20-18-17(19(22)24)12(2)13(3)26-18/h5-8,11H,4,9-10H2,1-3H3,(H,21,23). The van der Waals surface area contributed by atoms with E-state index in [9.17, 15) is 9.59 Å². The number of benzene rings is 1. The highest BCUT2D eigenvalue weighted by Crippen LogP contribution is 2.26. The van der Waals surface area contributed by atoms with Crippen molar-refractivity contribution in [1.29, 1.82) is 0 Å². The first kappa shape index (κ1) is 18.1. The first-order valence-corrected chi connectivity index (χ1v) is 9.29. The summed E-state index contributed by atoms with van der Waals surface area (Å²) in [6, 6.07) is 7.29. The number of carbonyl (C=O) groups is 1. The first-order chi connectivity index (χ1) is 12.5. The Hall–Kier alpha value is -2.67. The zero-order valence-electron chi connectivity index (χ0n) is 15.0. The Labute approximate surface area is 155 Å². The predicted molar refractivity (Wildman–Crippen MR) is 104 cm³/mol. The van der Waals surface area contributed by atoms with Gasteiger partial charge in [0.2, 0.25) is 5.91 Å². The highest BCUT2D eigenvalue weighted by atomic mass is 32.1. The number of nitrogens with one attached hydrogen (secondary N) is 1. The number of ether oxygens (including phenoxy) is 1. The van der Waals surface area contributed by atoms with Crippen molar-refractivity contribution in [3.8, 4) is 5.75 Å². The highest BCUT2D eigenvalue weighted by Gasteiger charge is 2.13. The third-order valence-electron chi connectivity index (χ3n) is 4.20. The van der Waals surface area contributed by atoms with Crippen LogP contribution in [0.1, 0.15) is 23.8 Å². The summed E-state index contributed by atoms with van der Waals surface area (Å²) in [7, 11) is 0. The van der Waals surface area contributed by atoms with Gasteiger partial charge in [-0.15, -0.1) is 11.3 Å². The maximum absolute atomic E-state index is 12.7. The van der Waals surface area contributed by atoms with E-state index in [1.807, 2.05) is 39.0 Å². The Morgan fingerprint density at radius 1 is 1.31 bits per heavy atom. The molecule has 0 aliphatic carbocycles. The lowest BCUT2D eigenvalue weighted by Gasteiger charge is -2.11. The molecule has 26 heavy (non-hydrogen) atoms. The second-order valence-corrected chi connectivity index (χ2v) is 7.14. The number of thiophene rings is 1. The van der Waals surface area contributed by atoms with Gasteiger partial charge in [0.15, 0.2) is 0 Å². The zero-order valence-corrected chi connectivity index (χ0v) is 15.9. The minimum absolute atomic E-state index is 0.0978. The van der Waals surface area contributed by atoms with Gasteiger partial charge in [0.1, 0.15) is 10.6 Å². The number of anilines is 1. The van der Waals surface area contributed by atoms with Gasteiger partial charge in [-0.2, -0.15) is 0 Å². The number of nitrogens with zero attached hydrogens (tertiary/aromatic N) is 2. The normalized spacial score (nSPS) is 10.9. The van der Waals surface area contributed by atoms with Crippen LogP contribution in [0.5, 0.6) is 5.75 Å². The fourth-order valence-electron chi connectivity index (χ4n) is 2.72. The van der Waals surface area contributed by atoms with Crippen LogP contribution in [0.25, 0.3) is 10.2 Å². The summed E-state index contributed by atoms with van der Waals surface area (Å²) in [6.45, 7) is 6.60. The molecule has 0 saturated carbocycles. The van der Waals surface area contributed by atoms with Gasteiger partial charge in [-0.3, -0.25) is 14.2 Å². The molecule has 1 amide bonds. The number of hydrogen-bond donors (Lipinski definition) is 1. The zero-order chi connectivity index (χ0) is 18.7. The third kappa shape index (κ3) is 3.62. The SMILES string of the molecule is CCOc1ccccc1NC(=O)CCn1cnc2sc(C)c(C)c2c1=O. The molecule has 0 fully saturated rings. The fourth-order valence-corrected chi connectivity index (χ4v) is 3.70. The molecule has 0 aliphatic rings. The van der Waals surface area contributed by atoms with Crippen LogP contribution in [0.15, 0.2) is 35.4 Å². The summed E-state index contributed by atoms with van der Waals surface area (Å²) in [6.07, 6.45) is 1.69. The van der Waals surface area contributed by atoms with Gasteiger partial charge in [0, 0.05) is 17.8 Å². The molecule has 0 radical (unpaired) electrons. The molecular weight excluding hydrogens is 350 g/mol. The van der Waals surface area contributed by atoms with Crippen LogP contribution in [0.2, 0.25) is 0 Å². The number of aryl methyl sites for hydroxylation is 3. The van der Waals surface area contributed by atoms with E-state index in [1.54, 1.807) is 6.07 Å². The van der Waals surface area contributed by atoms with E-state index in [0.29, 0.717) is 23.4 Å². The van der Waals surface area contributed by atoms with Crippen LogP contribution in [0, 0.1) is 13.8 Å². The topological polar surface area (TPSA) is 73.2 Å². The maximum Gasteiger partial charge on any atom is 0.262 e. The van der Waals surface area contributed by atoms with Gasteiger partial charge < -0.3 is 10.1 Å². The van der Waals surface area contributed by atoms with Gasteiger partial charge in [-0.05, 0) is 38.5 Å². The summed E-state index contributed by atoms with van der Waals surface area (Å²) >= 11 is 1.52. The van der Waals surface area contributed by atoms with Gasteiger partial charge in [0.25, 0.3) is 5.56 Å². The molecule has 136 valence electrons. The molecule has 3 rings (SSSR count). The monoisotopic (exact) mass is 371 g/mol. The molecule has 0 bridgehead atoms. The lowest BCUT2D eigenvalue weighted by atomic mass is 10.2. The molecule has 2 aromatic heterocycles. The van der Waals surface area contributed by atoms with Gasteiger partial charge >= 0.3 is 0 Å². The molecule has 1 N–H and O–H groups in total. The van der Waals surface area contributed by atoms with Crippen molar-refractivity contribution in [2.24, 2.45) is 0 Å². The number of rotatable bonds is 6. The van der Waals surface area contributed by atoms with Crippen LogP contribution in [0.3, 0.4) is 0 Å². The fraction of sp³-hybridized carbons (Fsp3) is 0.316. The quantitative estimate of drug-likeness (QED) is 0.720. The molecule has 0 atom stereocenters. The summed E-state index contributed by atoms with van der Waals surface area (Å²) in [5.74, 6) is 0.454. The van der Waals surface area contributed by atoms with E-state index in [2.05, 4.69) is 10.3 Å². The summed E-state index contributed by atoms with van der Waals surface area (Å²) in [5, 5.41) is 3.49. The molecule has 3 aromatic rings. The Kier molecular flexibility index (Phi) is 5.37. The number of carbonyl (C=O) groups excluding carboxylic acids is 1. The largest absolute Gasteiger partial charge is 0.492 e. The lowest BCUT2D eigenvalue weighted by Crippen LogP contribution is -2.23. The first-order valence-electron chi connectivity index (χ1n) is 8.48. The molecule has 7 heteroatoms. The molecule has 1 aromatic carbocycles. The minimum Gasteiger partial charge on any atom is -0.492 e. The van der Waals surface area contributed by atoms with E-state index in [1.165, 1.54) is 22.2 Å². The number of hydrogen-bond acceptors (Lipinski definition) is 5. The Morgan fingerprint density at radius 2 is 2.08 bits per heavy atom. The second-order valence-electron chi connectivity index (χ2n) is 5.93. The minimum atomic E-state index is -0.178. The number of aromatic nitrogens is 2. The number of para-hydroxylation sites is 2. The average Bonchev–Trinajstić information content (AvgIpc) is 2.91. The highest BCUT2D eigenvalue weighted by molar-refractivity contribution is 7.18. The van der Waals surface area contributed by atoms with E-state index in [4.69, 9.17) is 4.74 Å². The molecular formula is C19H21N3O3S. The number of amides is 1. The van der Waals surface area contributed by atoms with Crippen LogP contribution < -0.4 is 15.6 Å². The third-order valence-corrected chi connectivity index (χ3v) is 5.31. The maximum atomic E-state index is 12.7. The average molecular weight is 371 g/mol. The van der Waals surface area contributed by atoms with Crippen LogP contribution in [-0.2, 0) is 11.3 Å². The molecule has 0 saturated heterocycles. The molecule has 0 unspecified atom stereocenters. The Bertz CT molecular complexity index is 1010. The molecule has 6 nitrogen and oxygen atoms in total. The molecule has 0 aliphatic heterocycles. The van der Waals surface area contributed by atoms with Crippen molar-refractivity contribution < 1.29 is 9.53 Å². The Balaban J connectivity index is 1.72. The summed E-state index contributed by atoms with van der Waals surface area (Å²) in [5.41, 5.74) is 1.50. The Morgan fingerprint density at radius 3 is 2.85 bits per heavy atom. The van der Waals surface area contributed by atoms with Crippen molar-refractivity contribution in [3.63, 3.8) is 0 Å². The predicted octanol–water partition coefficient (Wildman–Crippen LogP) is 3.50. The smallest absolute Gasteiger partial charge is 0.262 e. The van der Waals surface area contributed by atoms with Gasteiger partial charge in [-0.1, -0.05) is 12.1 Å². The van der Waals surface area contributed by atoms with Crippen LogP contribution >= 0.6 is 11.3 Å².